The van der Waals surface area contributed by atoms with Gasteiger partial charge in [0.05, 0.1) is 42.5 Å². The number of piperidine rings is 1. The first kappa shape index (κ1) is 18.4. The molecule has 0 N–H and O–H groups in total. The Labute approximate surface area is 180 Å². The van der Waals surface area contributed by atoms with E-state index < -0.39 is 0 Å². The van der Waals surface area contributed by atoms with Crippen molar-refractivity contribution in [3.05, 3.63) is 70.4 Å². The average molecular weight is 423 g/mol. The van der Waals surface area contributed by atoms with Gasteiger partial charge in [-0.15, -0.1) is 0 Å². The van der Waals surface area contributed by atoms with E-state index in [2.05, 4.69) is 28.8 Å². The highest BCUT2D eigenvalue weighted by atomic mass is 35.5. The minimum absolute atomic E-state index is 0.0823. The first-order chi connectivity index (χ1) is 14.6. The molecule has 2 saturated heterocycles. The van der Waals surface area contributed by atoms with Crippen LogP contribution in [-0.2, 0) is 28.2 Å². The Hall–Kier alpha value is -2.34. The maximum atomic E-state index is 13.5. The molecule has 3 aromatic rings. The van der Waals surface area contributed by atoms with Gasteiger partial charge >= 0.3 is 0 Å². The summed E-state index contributed by atoms with van der Waals surface area (Å²) in [7, 11) is 0. The Balaban J connectivity index is 1.27. The van der Waals surface area contributed by atoms with E-state index in [0.29, 0.717) is 24.7 Å². The van der Waals surface area contributed by atoms with Crippen LogP contribution in [-0.4, -0.2) is 41.2 Å². The highest BCUT2D eigenvalue weighted by Crippen LogP contribution is 2.44. The number of fused-ring (bicyclic) bond motifs is 3. The molecule has 0 bridgehead atoms. The summed E-state index contributed by atoms with van der Waals surface area (Å²) in [4.78, 5) is 15.4. The minimum Gasteiger partial charge on any atom is -0.371 e. The third kappa shape index (κ3) is 2.96. The van der Waals surface area contributed by atoms with Gasteiger partial charge in [0.25, 0.3) is 5.91 Å². The largest absolute Gasteiger partial charge is 0.371 e. The van der Waals surface area contributed by atoms with Crippen LogP contribution in [0.2, 0.25) is 5.02 Å². The van der Waals surface area contributed by atoms with Gasteiger partial charge in [0.2, 0.25) is 0 Å². The van der Waals surface area contributed by atoms with E-state index in [1.807, 2.05) is 29.3 Å². The van der Waals surface area contributed by atoms with Crippen molar-refractivity contribution in [3.63, 3.8) is 0 Å². The zero-order valence-electron chi connectivity index (χ0n) is 16.6. The second kappa shape index (κ2) is 6.84. The van der Waals surface area contributed by atoms with Crippen molar-refractivity contribution in [2.45, 2.75) is 37.7 Å². The maximum absolute atomic E-state index is 13.5. The molecule has 30 heavy (non-hydrogen) atoms. The van der Waals surface area contributed by atoms with Crippen molar-refractivity contribution in [2.75, 3.05) is 19.7 Å². The monoisotopic (exact) mass is 422 g/mol. The average Bonchev–Trinajstić information content (AvgIpc) is 3.43. The van der Waals surface area contributed by atoms with Gasteiger partial charge in [-0.25, -0.2) is 0 Å². The van der Waals surface area contributed by atoms with Gasteiger partial charge in [-0.2, -0.15) is 0 Å². The Morgan fingerprint density at radius 1 is 1.17 bits per heavy atom. The number of ether oxygens (including phenoxy) is 2. The summed E-state index contributed by atoms with van der Waals surface area (Å²) < 4.78 is 13.8. The Kier molecular flexibility index (Phi) is 4.20. The number of rotatable bonds is 3. The molecule has 0 saturated carbocycles. The maximum Gasteiger partial charge on any atom is 0.256 e. The lowest BCUT2D eigenvalue weighted by Crippen LogP contribution is -2.45. The molecular weight excluding hydrogens is 400 g/mol. The summed E-state index contributed by atoms with van der Waals surface area (Å²) in [6, 6.07) is 14.2. The van der Waals surface area contributed by atoms with Crippen LogP contribution in [0.15, 0.2) is 48.7 Å². The number of carbonyl (C=O) groups is 1. The molecule has 6 rings (SSSR count). The third-order valence-electron chi connectivity index (χ3n) is 6.75. The smallest absolute Gasteiger partial charge is 0.256 e. The van der Waals surface area contributed by atoms with E-state index in [-0.39, 0.29) is 17.6 Å². The van der Waals surface area contributed by atoms with Crippen LogP contribution >= 0.6 is 11.6 Å². The molecule has 6 heteroatoms. The summed E-state index contributed by atoms with van der Waals surface area (Å²) in [6.07, 6.45) is 3.86. The van der Waals surface area contributed by atoms with E-state index in [1.54, 1.807) is 0 Å². The van der Waals surface area contributed by atoms with Gasteiger partial charge in [-0.1, -0.05) is 41.9 Å². The lowest BCUT2D eigenvalue weighted by Gasteiger charge is -2.39. The number of benzene rings is 2. The summed E-state index contributed by atoms with van der Waals surface area (Å²) in [6.45, 7) is 3.58. The van der Waals surface area contributed by atoms with Gasteiger partial charge in [0, 0.05) is 29.7 Å². The molecule has 5 nitrogen and oxygen atoms in total. The number of aromatic nitrogens is 1. The molecule has 1 aromatic heterocycles. The topological polar surface area (TPSA) is 47.0 Å². The third-order valence-corrected chi connectivity index (χ3v) is 6.98. The second-order valence-electron chi connectivity index (χ2n) is 8.54. The van der Waals surface area contributed by atoms with E-state index in [4.69, 9.17) is 21.1 Å². The van der Waals surface area contributed by atoms with Crippen LogP contribution in [0.25, 0.3) is 10.9 Å². The highest BCUT2D eigenvalue weighted by Gasteiger charge is 2.43. The van der Waals surface area contributed by atoms with Crippen molar-refractivity contribution >= 4 is 28.4 Å². The molecule has 154 valence electrons. The van der Waals surface area contributed by atoms with E-state index >= 15 is 0 Å². The van der Waals surface area contributed by atoms with Crippen molar-refractivity contribution in [1.29, 1.82) is 0 Å². The number of carbonyl (C=O) groups excluding carboxylic acids is 1. The SMILES string of the molecule is O=C(c1cn(C[C@@H]2CO2)c2cc(Cl)ccc12)N1CCC2(CC1)OCc1ccccc12. The van der Waals surface area contributed by atoms with Crippen molar-refractivity contribution in [3.8, 4) is 0 Å². The number of hydrogen-bond acceptors (Lipinski definition) is 3. The highest BCUT2D eigenvalue weighted by molar-refractivity contribution is 6.31. The minimum atomic E-state index is -0.238. The second-order valence-corrected chi connectivity index (χ2v) is 8.98. The molecule has 0 radical (unpaired) electrons. The van der Waals surface area contributed by atoms with Gasteiger partial charge < -0.3 is 18.9 Å². The van der Waals surface area contributed by atoms with Crippen LogP contribution in [0.4, 0.5) is 0 Å². The van der Waals surface area contributed by atoms with E-state index in [9.17, 15) is 4.79 Å². The molecule has 2 fully saturated rings. The molecule has 3 aliphatic rings. The fourth-order valence-corrected chi connectivity index (χ4v) is 5.19. The Morgan fingerprint density at radius 2 is 1.97 bits per heavy atom. The van der Waals surface area contributed by atoms with E-state index in [0.717, 1.165) is 42.5 Å². The van der Waals surface area contributed by atoms with Crippen LogP contribution in [0.5, 0.6) is 0 Å². The predicted molar refractivity (Wildman–Crippen MR) is 115 cm³/mol. The van der Waals surface area contributed by atoms with Gasteiger partial charge in [0.1, 0.15) is 0 Å². The standard InChI is InChI=1S/C24H23ClN2O3/c25-17-5-6-19-20(13-27(22(19)11-17)12-18-15-29-18)23(28)26-9-7-24(8-10-26)21-4-2-1-3-16(21)14-30-24/h1-6,11,13,18H,7-10,12,14-15H2/t18-/m1/s1. The van der Waals surface area contributed by atoms with Crippen LogP contribution in [0.3, 0.4) is 0 Å². The summed E-state index contributed by atoms with van der Waals surface area (Å²) in [5, 5.41) is 1.63. The van der Waals surface area contributed by atoms with Crippen LogP contribution < -0.4 is 0 Å². The number of likely N-dealkylation sites (tertiary alicyclic amines) is 1. The van der Waals surface area contributed by atoms with Crippen molar-refractivity contribution in [2.24, 2.45) is 0 Å². The van der Waals surface area contributed by atoms with E-state index in [1.165, 1.54) is 11.1 Å². The molecular formula is C24H23ClN2O3. The normalized spacial score (nSPS) is 21.9. The predicted octanol–water partition coefficient (Wildman–Crippen LogP) is 4.36. The van der Waals surface area contributed by atoms with Crippen LogP contribution in [0.1, 0.15) is 34.3 Å². The zero-order chi connectivity index (χ0) is 20.3. The van der Waals surface area contributed by atoms with Crippen molar-refractivity contribution < 1.29 is 14.3 Å². The van der Waals surface area contributed by atoms with Crippen LogP contribution in [0, 0.1) is 0 Å². The van der Waals surface area contributed by atoms with Crippen molar-refractivity contribution in [1.82, 2.24) is 9.47 Å². The Bertz CT molecular complexity index is 1140. The fraction of sp³-hybridized carbons (Fsp3) is 0.375. The number of epoxide rings is 1. The molecule has 1 amide bonds. The molecule has 0 unspecified atom stereocenters. The quantitative estimate of drug-likeness (QED) is 0.589. The molecule has 2 aromatic carbocycles. The molecule has 0 aliphatic carbocycles. The first-order valence-corrected chi connectivity index (χ1v) is 10.9. The molecule has 1 spiro atoms. The number of halogens is 1. The summed E-state index contributed by atoms with van der Waals surface area (Å²) in [5.41, 5.74) is 4.07. The Morgan fingerprint density at radius 3 is 2.77 bits per heavy atom. The van der Waals surface area contributed by atoms with Gasteiger partial charge in [-0.05, 0) is 36.1 Å². The van der Waals surface area contributed by atoms with Gasteiger partial charge in [0.15, 0.2) is 0 Å². The summed E-state index contributed by atoms with van der Waals surface area (Å²) in [5.74, 6) is 0.0823. The molecule has 1 atom stereocenters. The number of hydrogen-bond donors (Lipinski definition) is 0. The lowest BCUT2D eigenvalue weighted by atomic mass is 9.83. The molecule has 4 heterocycles. The van der Waals surface area contributed by atoms with Gasteiger partial charge in [-0.3, -0.25) is 4.79 Å². The zero-order valence-corrected chi connectivity index (χ0v) is 17.4. The first-order valence-electron chi connectivity index (χ1n) is 10.5. The number of amides is 1. The fourth-order valence-electron chi connectivity index (χ4n) is 5.02. The molecule has 3 aliphatic heterocycles. The lowest BCUT2D eigenvalue weighted by molar-refractivity contribution is -0.0741. The number of nitrogens with zero attached hydrogens (tertiary/aromatic N) is 2. The summed E-state index contributed by atoms with van der Waals surface area (Å²) >= 11 is 6.24.